The van der Waals surface area contributed by atoms with Crippen LogP contribution >= 0.6 is 0 Å². The van der Waals surface area contributed by atoms with Crippen molar-refractivity contribution in [2.75, 3.05) is 9.80 Å². The highest BCUT2D eigenvalue weighted by molar-refractivity contribution is 6.26. The molecule has 0 aliphatic heterocycles. The van der Waals surface area contributed by atoms with E-state index in [4.69, 9.17) is 0 Å². The molecule has 15 rings (SSSR count). The van der Waals surface area contributed by atoms with Crippen LogP contribution in [0.1, 0.15) is 25.0 Å². The predicted molar refractivity (Wildman–Crippen MR) is 299 cm³/mol. The van der Waals surface area contributed by atoms with Gasteiger partial charge in [-0.05, 0) is 153 Å². The Morgan fingerprint density at radius 1 is 0.282 bits per heavy atom. The Kier molecular flexibility index (Phi) is 8.38. The van der Waals surface area contributed by atoms with Gasteiger partial charge in [0.2, 0.25) is 0 Å². The molecule has 0 atom stereocenters. The second kappa shape index (κ2) is 14.9. The maximum Gasteiger partial charge on any atom is 0.0568 e. The summed E-state index contributed by atoms with van der Waals surface area (Å²) in [5.74, 6) is 0. The number of aromatic nitrogens is 2. The highest BCUT2D eigenvalue weighted by atomic mass is 15.2. The Morgan fingerprint density at radius 3 is 1.08 bits per heavy atom. The summed E-state index contributed by atoms with van der Waals surface area (Å²) in [6.07, 6.45) is 0. The number of fused-ring (bicyclic) bond motifs is 3. The first-order valence-electron chi connectivity index (χ1n) is 24.7. The van der Waals surface area contributed by atoms with Crippen LogP contribution in [0.5, 0.6) is 0 Å². The predicted octanol–water partition coefficient (Wildman–Crippen LogP) is 18.3. The monoisotopic (exact) mass is 906 g/mol. The molecule has 4 heteroatoms. The van der Waals surface area contributed by atoms with E-state index in [0.717, 1.165) is 45.5 Å². The van der Waals surface area contributed by atoms with Gasteiger partial charge < -0.3 is 18.9 Å². The first-order chi connectivity index (χ1) is 35.0. The van der Waals surface area contributed by atoms with Crippen LogP contribution in [0.4, 0.5) is 34.1 Å². The number of hydrogen-bond donors (Lipinski definition) is 0. The second-order valence-electron chi connectivity index (χ2n) is 19.8. The average molecular weight is 907 g/mol. The topological polar surface area (TPSA) is 16.3 Å². The van der Waals surface area contributed by atoms with E-state index in [0.29, 0.717) is 0 Å². The summed E-state index contributed by atoms with van der Waals surface area (Å²) >= 11 is 0. The van der Waals surface area contributed by atoms with E-state index in [1.165, 1.54) is 87.4 Å². The van der Waals surface area contributed by atoms with E-state index in [-0.39, 0.29) is 5.41 Å². The van der Waals surface area contributed by atoms with Gasteiger partial charge in [0.25, 0.3) is 0 Å². The van der Waals surface area contributed by atoms with E-state index >= 15 is 0 Å². The highest BCUT2D eigenvalue weighted by Crippen LogP contribution is 2.54. The maximum atomic E-state index is 2.45. The summed E-state index contributed by atoms with van der Waals surface area (Å²) in [6.45, 7) is 4.76. The summed E-state index contributed by atoms with van der Waals surface area (Å²) < 4.78 is 4.89. The minimum atomic E-state index is -0.207. The quantitative estimate of drug-likeness (QED) is 0.141. The number of para-hydroxylation sites is 4. The number of rotatable bonds is 8. The van der Waals surface area contributed by atoms with Crippen LogP contribution in [-0.4, -0.2) is 9.13 Å². The van der Waals surface area contributed by atoms with Crippen molar-refractivity contribution in [3.63, 3.8) is 0 Å². The third-order valence-electron chi connectivity index (χ3n) is 15.5. The zero-order chi connectivity index (χ0) is 47.0. The highest BCUT2D eigenvalue weighted by Gasteiger charge is 2.37. The fraction of sp³-hybridized carbons (Fsp3) is 0.0448. The Labute approximate surface area is 411 Å². The van der Waals surface area contributed by atoms with Crippen LogP contribution in [0.3, 0.4) is 0 Å². The Hall–Kier alpha value is -9.12. The van der Waals surface area contributed by atoms with Crippen LogP contribution in [0.15, 0.2) is 243 Å². The molecule has 0 fully saturated rings. The van der Waals surface area contributed by atoms with E-state index in [2.05, 4.69) is 275 Å². The molecule has 0 saturated heterocycles. The van der Waals surface area contributed by atoms with Crippen LogP contribution in [0, 0.1) is 0 Å². The molecule has 0 N–H and O–H groups in total. The first-order valence-corrected chi connectivity index (χ1v) is 24.7. The van der Waals surface area contributed by atoms with Crippen LogP contribution in [0.2, 0.25) is 0 Å². The van der Waals surface area contributed by atoms with Crippen LogP contribution in [0.25, 0.3) is 87.7 Å². The van der Waals surface area contributed by atoms with Gasteiger partial charge in [0.15, 0.2) is 0 Å². The van der Waals surface area contributed by atoms with Crippen molar-refractivity contribution in [3.8, 4) is 22.5 Å². The maximum absolute atomic E-state index is 2.45. The molecular formula is C67H46N4. The molecule has 0 bridgehead atoms. The molecule has 0 spiro atoms. The Balaban J connectivity index is 0.927. The minimum Gasteiger partial charge on any atom is -0.310 e. The fourth-order valence-corrected chi connectivity index (χ4v) is 12.4. The van der Waals surface area contributed by atoms with Gasteiger partial charge in [0, 0.05) is 72.5 Å². The van der Waals surface area contributed by atoms with Gasteiger partial charge in [-0.15, -0.1) is 0 Å². The van der Waals surface area contributed by atoms with Gasteiger partial charge in [-0.1, -0.05) is 147 Å². The lowest BCUT2D eigenvalue weighted by atomic mass is 9.82. The molecule has 1 aliphatic rings. The number of benzene rings is 12. The molecule has 2 heterocycles. The molecule has 334 valence electrons. The van der Waals surface area contributed by atoms with E-state index < -0.39 is 0 Å². The van der Waals surface area contributed by atoms with Gasteiger partial charge in [-0.3, -0.25) is 0 Å². The van der Waals surface area contributed by atoms with Gasteiger partial charge >= 0.3 is 0 Å². The molecule has 0 amide bonds. The number of hydrogen-bond acceptors (Lipinski definition) is 2. The van der Waals surface area contributed by atoms with E-state index in [1.807, 2.05) is 0 Å². The van der Waals surface area contributed by atoms with Crippen molar-refractivity contribution in [1.82, 2.24) is 9.13 Å². The zero-order valence-corrected chi connectivity index (χ0v) is 39.4. The molecule has 0 unspecified atom stereocenters. The summed E-state index contributed by atoms with van der Waals surface area (Å²) in [4.78, 5) is 4.90. The third-order valence-corrected chi connectivity index (χ3v) is 15.5. The molecule has 0 radical (unpaired) electrons. The van der Waals surface area contributed by atoms with Crippen molar-refractivity contribution in [3.05, 3.63) is 254 Å². The normalized spacial score (nSPS) is 13.0. The molecule has 1 aliphatic carbocycles. The lowest BCUT2D eigenvalue weighted by Gasteiger charge is -2.27. The van der Waals surface area contributed by atoms with Crippen molar-refractivity contribution in [2.24, 2.45) is 0 Å². The third kappa shape index (κ3) is 5.79. The Morgan fingerprint density at radius 2 is 0.662 bits per heavy atom. The number of nitrogens with zero attached hydrogens (tertiary/aromatic N) is 4. The van der Waals surface area contributed by atoms with E-state index in [9.17, 15) is 0 Å². The molecule has 14 aromatic rings. The van der Waals surface area contributed by atoms with Crippen molar-refractivity contribution >= 4 is 99.3 Å². The van der Waals surface area contributed by atoms with Crippen LogP contribution < -0.4 is 9.80 Å². The molecule has 4 nitrogen and oxygen atoms in total. The van der Waals surface area contributed by atoms with E-state index in [1.54, 1.807) is 0 Å². The summed E-state index contributed by atoms with van der Waals surface area (Å²) in [7, 11) is 0. The van der Waals surface area contributed by atoms with Crippen molar-refractivity contribution in [1.29, 1.82) is 0 Å². The lowest BCUT2D eigenvalue weighted by Crippen LogP contribution is -2.16. The fourth-order valence-electron chi connectivity index (χ4n) is 12.4. The average Bonchev–Trinajstić information content (AvgIpc) is 4.02. The lowest BCUT2D eigenvalue weighted by molar-refractivity contribution is 0.660. The van der Waals surface area contributed by atoms with Gasteiger partial charge in [-0.25, -0.2) is 0 Å². The first kappa shape index (κ1) is 39.8. The van der Waals surface area contributed by atoms with Crippen LogP contribution in [-0.2, 0) is 5.41 Å². The van der Waals surface area contributed by atoms with Gasteiger partial charge in [0.1, 0.15) is 0 Å². The zero-order valence-electron chi connectivity index (χ0n) is 39.4. The molecule has 12 aromatic carbocycles. The van der Waals surface area contributed by atoms with Crippen molar-refractivity contribution < 1.29 is 0 Å². The molecule has 0 saturated carbocycles. The summed E-state index contributed by atoms with van der Waals surface area (Å²) in [6, 6.07) is 89.8. The summed E-state index contributed by atoms with van der Waals surface area (Å²) in [5, 5.41) is 10.2. The minimum absolute atomic E-state index is 0.207. The SMILES string of the molecule is CC1(C)c2ccc(N(c3ccccc3)c3cc4ccc5cccc6c5c4c(c3)n6-c3ccccc3)cc2-c2cc(N(c3ccccc3)c3cc4ccc5cccc6c5c4c(c3)n6-c3ccccc3)ccc21. The largest absolute Gasteiger partial charge is 0.310 e. The molecule has 71 heavy (non-hydrogen) atoms. The molecule has 2 aromatic heterocycles. The summed E-state index contributed by atoms with van der Waals surface area (Å²) in [5.41, 5.74) is 18.8. The standard InChI is InChI=1S/C67H46N4/c1-67(2)57-35-33-51(68(47-19-7-3-8-20-47)53-37-45-31-29-43-17-15-27-59-63(43)65(45)61(41-53)70(59)49-23-11-5-12-24-49)39-55(57)56-40-52(34-36-58(56)67)69(48-21-9-4-10-22-48)54-38-46-32-30-44-18-16-28-60-64(44)66(46)62(42-54)71(60)50-25-13-6-14-26-50/h3-42H,1-2H3. The Bertz CT molecular complexity index is 4080. The number of anilines is 6. The van der Waals surface area contributed by atoms with Crippen molar-refractivity contribution in [2.45, 2.75) is 19.3 Å². The van der Waals surface area contributed by atoms with Gasteiger partial charge in [-0.2, -0.15) is 0 Å². The molecular weight excluding hydrogens is 861 g/mol. The van der Waals surface area contributed by atoms with Gasteiger partial charge in [0.05, 0.1) is 22.1 Å². The second-order valence-corrected chi connectivity index (χ2v) is 19.8. The smallest absolute Gasteiger partial charge is 0.0568 e.